The zero-order valence-corrected chi connectivity index (χ0v) is 9.03. The number of hydrogen-bond acceptors (Lipinski definition) is 1. The molecule has 0 aliphatic heterocycles. The van der Waals surface area contributed by atoms with Gasteiger partial charge in [-0.05, 0) is 38.3 Å². The molecule has 0 heterocycles. The minimum Gasteiger partial charge on any atom is -0.389 e. The molecule has 1 aliphatic rings. The number of hydrogen-bond donors (Lipinski definition) is 1. The summed E-state index contributed by atoms with van der Waals surface area (Å²) < 4.78 is 0. The summed E-state index contributed by atoms with van der Waals surface area (Å²) in [6.45, 7) is 1.89. The Morgan fingerprint density at radius 1 is 1.33 bits per heavy atom. The van der Waals surface area contributed by atoms with Crippen molar-refractivity contribution in [2.45, 2.75) is 31.8 Å². The van der Waals surface area contributed by atoms with Gasteiger partial charge in [0.2, 0.25) is 0 Å². The topological polar surface area (TPSA) is 20.2 Å². The van der Waals surface area contributed by atoms with Gasteiger partial charge in [-0.2, -0.15) is 0 Å². The standard InChI is InChI=1S/C14H16O/c1-14(15)11-5-8-13(14)10-9-12-6-3-2-4-7-12/h2-4,6-7,13,15H,5,8,11H2,1H3. The summed E-state index contributed by atoms with van der Waals surface area (Å²) in [4.78, 5) is 0. The molecule has 78 valence electrons. The van der Waals surface area contributed by atoms with Gasteiger partial charge >= 0.3 is 0 Å². The Labute approximate surface area is 91.1 Å². The van der Waals surface area contributed by atoms with Crippen LogP contribution in [0.3, 0.4) is 0 Å². The maximum absolute atomic E-state index is 10.0. The van der Waals surface area contributed by atoms with Crippen molar-refractivity contribution in [3.8, 4) is 11.8 Å². The molecule has 15 heavy (non-hydrogen) atoms. The van der Waals surface area contributed by atoms with Crippen LogP contribution in [-0.4, -0.2) is 10.7 Å². The molecule has 2 atom stereocenters. The van der Waals surface area contributed by atoms with Gasteiger partial charge in [0, 0.05) is 11.5 Å². The highest BCUT2D eigenvalue weighted by Gasteiger charge is 2.35. The average molecular weight is 200 g/mol. The molecule has 0 aromatic heterocycles. The third-order valence-corrected chi connectivity index (χ3v) is 3.09. The first-order valence-electron chi connectivity index (χ1n) is 5.47. The maximum atomic E-state index is 10.0. The van der Waals surface area contributed by atoms with Gasteiger partial charge in [-0.25, -0.2) is 0 Å². The van der Waals surface area contributed by atoms with Crippen LogP contribution in [0.25, 0.3) is 0 Å². The van der Waals surface area contributed by atoms with Crippen molar-refractivity contribution in [1.82, 2.24) is 0 Å². The molecule has 1 aromatic carbocycles. The van der Waals surface area contributed by atoms with Crippen LogP contribution >= 0.6 is 0 Å². The van der Waals surface area contributed by atoms with Gasteiger partial charge in [-0.3, -0.25) is 0 Å². The normalized spacial score (nSPS) is 29.6. The van der Waals surface area contributed by atoms with E-state index in [-0.39, 0.29) is 5.92 Å². The molecule has 1 aliphatic carbocycles. The van der Waals surface area contributed by atoms with Crippen LogP contribution in [0.4, 0.5) is 0 Å². The van der Waals surface area contributed by atoms with Crippen LogP contribution in [0.15, 0.2) is 30.3 Å². The number of aliphatic hydroxyl groups is 1. The molecule has 0 radical (unpaired) electrons. The molecule has 2 unspecified atom stereocenters. The Hall–Kier alpha value is -1.26. The zero-order chi connectivity index (χ0) is 10.7. The molecular formula is C14H16O. The molecule has 1 heteroatoms. The molecule has 1 saturated carbocycles. The lowest BCUT2D eigenvalue weighted by Crippen LogP contribution is -2.27. The lowest BCUT2D eigenvalue weighted by atomic mass is 9.93. The molecule has 1 N–H and O–H groups in total. The third kappa shape index (κ3) is 2.40. The summed E-state index contributed by atoms with van der Waals surface area (Å²) in [5.41, 5.74) is 0.446. The number of rotatable bonds is 0. The first-order valence-corrected chi connectivity index (χ1v) is 5.47. The summed E-state index contributed by atoms with van der Waals surface area (Å²) >= 11 is 0. The van der Waals surface area contributed by atoms with E-state index < -0.39 is 5.60 Å². The molecule has 0 bridgehead atoms. The second kappa shape index (κ2) is 4.08. The second-order valence-electron chi connectivity index (χ2n) is 4.44. The van der Waals surface area contributed by atoms with E-state index in [9.17, 15) is 5.11 Å². The number of benzene rings is 1. The van der Waals surface area contributed by atoms with Crippen molar-refractivity contribution in [2.75, 3.05) is 0 Å². The molecule has 1 nitrogen and oxygen atoms in total. The van der Waals surface area contributed by atoms with E-state index >= 15 is 0 Å². The third-order valence-electron chi connectivity index (χ3n) is 3.09. The largest absolute Gasteiger partial charge is 0.389 e. The summed E-state index contributed by atoms with van der Waals surface area (Å²) in [7, 11) is 0. The summed E-state index contributed by atoms with van der Waals surface area (Å²) in [6.07, 6.45) is 2.98. The van der Waals surface area contributed by atoms with Gasteiger partial charge in [0.1, 0.15) is 0 Å². The van der Waals surface area contributed by atoms with Gasteiger partial charge in [0.05, 0.1) is 5.60 Å². The molecule has 0 spiro atoms. The highest BCUT2D eigenvalue weighted by atomic mass is 16.3. The molecule has 2 rings (SSSR count). The highest BCUT2D eigenvalue weighted by molar-refractivity contribution is 5.34. The van der Waals surface area contributed by atoms with Gasteiger partial charge < -0.3 is 5.11 Å². The lowest BCUT2D eigenvalue weighted by Gasteiger charge is -2.20. The Bertz CT molecular complexity index is 381. The van der Waals surface area contributed by atoms with Crippen molar-refractivity contribution in [3.05, 3.63) is 35.9 Å². The van der Waals surface area contributed by atoms with Crippen molar-refractivity contribution in [1.29, 1.82) is 0 Å². The van der Waals surface area contributed by atoms with Gasteiger partial charge in [0.25, 0.3) is 0 Å². The van der Waals surface area contributed by atoms with E-state index in [1.54, 1.807) is 0 Å². The fourth-order valence-electron chi connectivity index (χ4n) is 2.07. The lowest BCUT2D eigenvalue weighted by molar-refractivity contribution is 0.0422. The van der Waals surface area contributed by atoms with Gasteiger partial charge in [0.15, 0.2) is 0 Å². The van der Waals surface area contributed by atoms with Crippen molar-refractivity contribution >= 4 is 0 Å². The summed E-state index contributed by atoms with van der Waals surface area (Å²) in [5, 5.41) is 10.0. The molecule has 1 aromatic rings. The minimum absolute atomic E-state index is 0.137. The average Bonchev–Trinajstić information content (AvgIpc) is 2.56. The highest BCUT2D eigenvalue weighted by Crippen LogP contribution is 2.34. The summed E-state index contributed by atoms with van der Waals surface area (Å²) in [5.74, 6) is 6.46. The van der Waals surface area contributed by atoms with Crippen LogP contribution in [-0.2, 0) is 0 Å². The van der Waals surface area contributed by atoms with E-state index in [1.807, 2.05) is 37.3 Å². The molecule has 0 saturated heterocycles. The van der Waals surface area contributed by atoms with E-state index in [0.717, 1.165) is 24.8 Å². The minimum atomic E-state index is -0.582. The SMILES string of the molecule is CC1(O)CCCC1C#Cc1ccccc1. The van der Waals surface area contributed by atoms with E-state index in [0.29, 0.717) is 0 Å². The quantitative estimate of drug-likeness (QED) is 0.638. The van der Waals surface area contributed by atoms with E-state index in [4.69, 9.17) is 0 Å². The van der Waals surface area contributed by atoms with E-state index in [1.165, 1.54) is 0 Å². The smallest absolute Gasteiger partial charge is 0.0756 e. The van der Waals surface area contributed by atoms with Crippen molar-refractivity contribution in [3.63, 3.8) is 0 Å². The second-order valence-corrected chi connectivity index (χ2v) is 4.44. The summed E-state index contributed by atoms with van der Waals surface area (Å²) in [6, 6.07) is 9.94. The predicted octanol–water partition coefficient (Wildman–Crippen LogP) is 2.59. The molecule has 1 fully saturated rings. The Balaban J connectivity index is 2.13. The first-order chi connectivity index (χ1) is 7.18. The van der Waals surface area contributed by atoms with Crippen LogP contribution < -0.4 is 0 Å². The monoisotopic (exact) mass is 200 g/mol. The Kier molecular flexibility index (Phi) is 2.79. The van der Waals surface area contributed by atoms with Crippen LogP contribution in [0, 0.1) is 17.8 Å². The van der Waals surface area contributed by atoms with Crippen molar-refractivity contribution < 1.29 is 5.11 Å². The van der Waals surface area contributed by atoms with Gasteiger partial charge in [-0.15, -0.1) is 0 Å². The molecular weight excluding hydrogens is 184 g/mol. The maximum Gasteiger partial charge on any atom is 0.0756 e. The fraction of sp³-hybridized carbons (Fsp3) is 0.429. The van der Waals surface area contributed by atoms with E-state index in [2.05, 4.69) is 11.8 Å². The van der Waals surface area contributed by atoms with Crippen molar-refractivity contribution in [2.24, 2.45) is 5.92 Å². The van der Waals surface area contributed by atoms with Crippen LogP contribution in [0.2, 0.25) is 0 Å². The zero-order valence-electron chi connectivity index (χ0n) is 9.03. The van der Waals surface area contributed by atoms with Crippen LogP contribution in [0.1, 0.15) is 31.7 Å². The van der Waals surface area contributed by atoms with Crippen LogP contribution in [0.5, 0.6) is 0 Å². The van der Waals surface area contributed by atoms with Gasteiger partial charge in [-0.1, -0.05) is 30.0 Å². The fourth-order valence-corrected chi connectivity index (χ4v) is 2.07. The Morgan fingerprint density at radius 2 is 2.07 bits per heavy atom. The first kappa shape index (κ1) is 10.3. The molecule has 0 amide bonds. The Morgan fingerprint density at radius 3 is 2.67 bits per heavy atom. The predicted molar refractivity (Wildman–Crippen MR) is 61.3 cm³/mol.